The van der Waals surface area contributed by atoms with Gasteiger partial charge in [0, 0.05) is 31.1 Å². The number of hydrogen-bond acceptors (Lipinski definition) is 5. The number of aromatic nitrogens is 2. The van der Waals surface area contributed by atoms with Crippen LogP contribution in [0.15, 0.2) is 42.5 Å². The summed E-state index contributed by atoms with van der Waals surface area (Å²) in [7, 11) is 0. The molecule has 160 valence electrons. The molecule has 1 aromatic heterocycles. The molecule has 0 spiro atoms. The number of benzene rings is 1. The van der Waals surface area contributed by atoms with Crippen molar-refractivity contribution < 1.29 is 4.79 Å². The van der Waals surface area contributed by atoms with Crippen molar-refractivity contribution in [1.82, 2.24) is 20.4 Å². The number of carbonyl (C=O) groups is 1. The summed E-state index contributed by atoms with van der Waals surface area (Å²) in [4.78, 5) is 17.3. The molecule has 2 aromatic rings. The molecule has 0 radical (unpaired) electrons. The Morgan fingerprint density at radius 3 is 2.40 bits per heavy atom. The second-order valence-corrected chi connectivity index (χ2v) is 8.45. The van der Waals surface area contributed by atoms with Gasteiger partial charge in [0.2, 0.25) is 5.91 Å². The van der Waals surface area contributed by atoms with Crippen molar-refractivity contribution in [3.63, 3.8) is 0 Å². The van der Waals surface area contributed by atoms with E-state index in [0.717, 1.165) is 62.5 Å². The first kappa shape index (κ1) is 20.8. The molecule has 0 atom stereocenters. The third-order valence-electron chi connectivity index (χ3n) is 6.31. The predicted molar refractivity (Wildman–Crippen MR) is 120 cm³/mol. The molecule has 2 aliphatic heterocycles. The highest BCUT2D eigenvalue weighted by molar-refractivity contribution is 5.78. The average molecular weight is 408 g/mol. The van der Waals surface area contributed by atoms with Crippen LogP contribution < -0.4 is 10.2 Å². The lowest BCUT2D eigenvalue weighted by molar-refractivity contribution is -0.125. The number of hydrogen-bond donors (Lipinski definition) is 1. The van der Waals surface area contributed by atoms with Gasteiger partial charge in [-0.05, 0) is 63.9 Å². The normalized spacial score (nSPS) is 18.3. The molecule has 3 heterocycles. The fraction of sp³-hybridized carbons (Fsp3) is 0.542. The van der Waals surface area contributed by atoms with Gasteiger partial charge < -0.3 is 15.1 Å². The minimum absolute atomic E-state index is 0.118. The van der Waals surface area contributed by atoms with Crippen LogP contribution in [0.25, 0.3) is 11.3 Å². The van der Waals surface area contributed by atoms with Crippen molar-refractivity contribution in [3.8, 4) is 11.3 Å². The highest BCUT2D eigenvalue weighted by Gasteiger charge is 2.25. The van der Waals surface area contributed by atoms with Crippen LogP contribution in [0.3, 0.4) is 0 Å². The van der Waals surface area contributed by atoms with Gasteiger partial charge in [-0.3, -0.25) is 4.79 Å². The lowest BCUT2D eigenvalue weighted by Gasteiger charge is -2.32. The standard InChI is InChI=1S/C24H33N5O/c30-24(25-14-7-17-28-15-5-2-6-16-28)21-12-18-29(19-13-21)23-11-10-22(26-27-23)20-8-3-1-4-9-20/h1,3-4,8-11,21H,2,5-7,12-19H2,(H,25,30). The minimum atomic E-state index is 0.118. The van der Waals surface area contributed by atoms with Crippen molar-refractivity contribution >= 4 is 11.7 Å². The Morgan fingerprint density at radius 1 is 0.933 bits per heavy atom. The maximum atomic E-state index is 12.5. The molecule has 0 bridgehead atoms. The second kappa shape index (κ2) is 10.5. The van der Waals surface area contributed by atoms with Crippen molar-refractivity contribution in [2.45, 2.75) is 38.5 Å². The van der Waals surface area contributed by atoms with Gasteiger partial charge in [-0.25, -0.2) is 0 Å². The van der Waals surface area contributed by atoms with Gasteiger partial charge in [-0.15, -0.1) is 10.2 Å². The van der Waals surface area contributed by atoms with Gasteiger partial charge in [0.15, 0.2) is 5.82 Å². The highest BCUT2D eigenvalue weighted by Crippen LogP contribution is 2.23. The number of anilines is 1. The molecule has 6 nitrogen and oxygen atoms in total. The minimum Gasteiger partial charge on any atom is -0.356 e. The quantitative estimate of drug-likeness (QED) is 0.713. The monoisotopic (exact) mass is 407 g/mol. The Balaban J connectivity index is 1.18. The lowest BCUT2D eigenvalue weighted by atomic mass is 9.96. The van der Waals surface area contributed by atoms with E-state index in [2.05, 4.69) is 25.3 Å². The van der Waals surface area contributed by atoms with Crippen LogP contribution in [0.5, 0.6) is 0 Å². The van der Waals surface area contributed by atoms with E-state index < -0.39 is 0 Å². The van der Waals surface area contributed by atoms with Crippen molar-refractivity contribution in [2.24, 2.45) is 5.92 Å². The van der Waals surface area contributed by atoms with E-state index in [1.165, 1.54) is 32.4 Å². The van der Waals surface area contributed by atoms with Gasteiger partial charge >= 0.3 is 0 Å². The maximum absolute atomic E-state index is 12.5. The Bertz CT molecular complexity index is 781. The molecule has 0 unspecified atom stereocenters. The summed E-state index contributed by atoms with van der Waals surface area (Å²) in [6, 6.07) is 14.2. The Labute approximate surface area is 179 Å². The topological polar surface area (TPSA) is 61.4 Å². The van der Waals surface area contributed by atoms with E-state index in [1.54, 1.807) is 0 Å². The molecular formula is C24H33N5O. The molecule has 6 heteroatoms. The molecule has 2 saturated heterocycles. The number of piperidine rings is 2. The zero-order valence-corrected chi connectivity index (χ0v) is 17.8. The summed E-state index contributed by atoms with van der Waals surface area (Å²) in [5, 5.41) is 12.0. The van der Waals surface area contributed by atoms with Gasteiger partial charge in [-0.1, -0.05) is 36.8 Å². The average Bonchev–Trinajstić information content (AvgIpc) is 2.83. The predicted octanol–water partition coefficient (Wildman–Crippen LogP) is 3.35. The summed E-state index contributed by atoms with van der Waals surface area (Å²) < 4.78 is 0. The Morgan fingerprint density at radius 2 is 1.70 bits per heavy atom. The molecule has 1 N–H and O–H groups in total. The summed E-state index contributed by atoms with van der Waals surface area (Å²) in [6.07, 6.45) is 6.82. The first-order valence-corrected chi connectivity index (χ1v) is 11.4. The largest absolute Gasteiger partial charge is 0.356 e. The smallest absolute Gasteiger partial charge is 0.223 e. The Hall–Kier alpha value is -2.47. The van der Waals surface area contributed by atoms with Crippen LogP contribution in [-0.2, 0) is 4.79 Å². The molecule has 1 amide bonds. The molecule has 0 saturated carbocycles. The van der Waals surface area contributed by atoms with Crippen LogP contribution in [0, 0.1) is 5.92 Å². The number of carbonyl (C=O) groups excluding carboxylic acids is 1. The number of likely N-dealkylation sites (tertiary alicyclic amines) is 1. The second-order valence-electron chi connectivity index (χ2n) is 8.45. The van der Waals surface area contributed by atoms with Crippen LogP contribution in [0.2, 0.25) is 0 Å². The molecular weight excluding hydrogens is 374 g/mol. The summed E-state index contributed by atoms with van der Waals surface area (Å²) >= 11 is 0. The van der Waals surface area contributed by atoms with Crippen molar-refractivity contribution in [1.29, 1.82) is 0 Å². The van der Waals surface area contributed by atoms with Crippen LogP contribution >= 0.6 is 0 Å². The van der Waals surface area contributed by atoms with E-state index in [4.69, 9.17) is 0 Å². The molecule has 30 heavy (non-hydrogen) atoms. The zero-order valence-electron chi connectivity index (χ0n) is 17.8. The molecule has 2 fully saturated rings. The maximum Gasteiger partial charge on any atom is 0.223 e. The number of rotatable bonds is 7. The SMILES string of the molecule is O=C(NCCCN1CCCCC1)C1CCN(c2ccc(-c3ccccc3)nn2)CC1. The molecule has 0 aliphatic carbocycles. The van der Waals surface area contributed by atoms with E-state index in [0.29, 0.717) is 0 Å². The van der Waals surface area contributed by atoms with E-state index in [9.17, 15) is 4.79 Å². The number of nitrogens with zero attached hydrogens (tertiary/aromatic N) is 4. The Kier molecular flexibility index (Phi) is 7.29. The number of nitrogens with one attached hydrogen (secondary N) is 1. The molecule has 4 rings (SSSR count). The summed E-state index contributed by atoms with van der Waals surface area (Å²) in [5.41, 5.74) is 1.96. The molecule has 2 aliphatic rings. The van der Waals surface area contributed by atoms with Gasteiger partial charge in [0.25, 0.3) is 0 Å². The number of amides is 1. The van der Waals surface area contributed by atoms with Gasteiger partial charge in [-0.2, -0.15) is 0 Å². The van der Waals surface area contributed by atoms with Gasteiger partial charge in [0.05, 0.1) is 5.69 Å². The molecule has 1 aromatic carbocycles. The van der Waals surface area contributed by atoms with E-state index in [-0.39, 0.29) is 11.8 Å². The van der Waals surface area contributed by atoms with Crippen LogP contribution in [0.1, 0.15) is 38.5 Å². The summed E-state index contributed by atoms with van der Waals surface area (Å²) in [6.45, 7) is 6.05. The lowest BCUT2D eigenvalue weighted by Crippen LogP contribution is -2.41. The summed E-state index contributed by atoms with van der Waals surface area (Å²) in [5.74, 6) is 1.24. The fourth-order valence-electron chi connectivity index (χ4n) is 4.47. The zero-order chi connectivity index (χ0) is 20.6. The third-order valence-corrected chi connectivity index (χ3v) is 6.31. The van der Waals surface area contributed by atoms with E-state index >= 15 is 0 Å². The van der Waals surface area contributed by atoms with E-state index in [1.807, 2.05) is 42.5 Å². The van der Waals surface area contributed by atoms with Crippen molar-refractivity contribution in [3.05, 3.63) is 42.5 Å². The fourth-order valence-corrected chi connectivity index (χ4v) is 4.47. The first-order valence-electron chi connectivity index (χ1n) is 11.4. The van der Waals surface area contributed by atoms with Gasteiger partial charge in [0.1, 0.15) is 0 Å². The first-order chi connectivity index (χ1) is 14.8. The third kappa shape index (κ3) is 5.57. The van der Waals surface area contributed by atoms with Crippen LogP contribution in [0.4, 0.5) is 5.82 Å². The van der Waals surface area contributed by atoms with Crippen LogP contribution in [-0.4, -0.2) is 60.3 Å². The highest BCUT2D eigenvalue weighted by atomic mass is 16.1. The van der Waals surface area contributed by atoms with Crippen molar-refractivity contribution in [2.75, 3.05) is 44.2 Å².